The zero-order chi connectivity index (χ0) is 20.7. The molecule has 8 nitrogen and oxygen atoms in total. The topological polar surface area (TPSA) is 99.9 Å². The van der Waals surface area contributed by atoms with Gasteiger partial charge in [-0.3, -0.25) is 18.5 Å². The summed E-state index contributed by atoms with van der Waals surface area (Å²) in [6.45, 7) is 0.440. The molecule has 0 unspecified atom stereocenters. The normalized spacial score (nSPS) is 19.6. The van der Waals surface area contributed by atoms with E-state index in [1.54, 1.807) is 7.05 Å². The van der Waals surface area contributed by atoms with Crippen LogP contribution in [0.4, 0.5) is 5.95 Å². The van der Waals surface area contributed by atoms with E-state index < -0.39 is 5.69 Å². The maximum absolute atomic E-state index is 13.0. The predicted octanol–water partition coefficient (Wildman–Crippen LogP) is 1.93. The van der Waals surface area contributed by atoms with E-state index in [1.165, 1.54) is 11.6 Å². The number of nitrogens with zero attached hydrogens (tertiary/aromatic N) is 4. The molecule has 2 atom stereocenters. The second-order valence-corrected chi connectivity index (χ2v) is 8.54. The van der Waals surface area contributed by atoms with Crippen molar-refractivity contribution in [2.24, 2.45) is 19.8 Å². The van der Waals surface area contributed by atoms with Gasteiger partial charge < -0.3 is 11.1 Å². The fourth-order valence-electron chi connectivity index (χ4n) is 4.01. The molecule has 154 valence electrons. The van der Waals surface area contributed by atoms with Crippen molar-refractivity contribution >= 4 is 33.0 Å². The van der Waals surface area contributed by atoms with Gasteiger partial charge in [0, 0.05) is 30.7 Å². The summed E-state index contributed by atoms with van der Waals surface area (Å²) in [5, 5.41) is 3.47. The van der Waals surface area contributed by atoms with Gasteiger partial charge in [-0.25, -0.2) is 4.79 Å². The standard InChI is InChI=1S/C20H25BrN6O2/c1-25-17-16(18(28)26(2)20(25)29)27(11-12-7-3-4-8-13(12)21)19(24-17)23-15-10-6-5-9-14(15)22/h3-4,7-8,14-15H,5-6,9-11,22H2,1-2H3,(H,23,24)/t14-,15-/m0/s1. The van der Waals surface area contributed by atoms with Gasteiger partial charge in [-0.2, -0.15) is 4.98 Å². The van der Waals surface area contributed by atoms with Crippen molar-refractivity contribution in [1.29, 1.82) is 0 Å². The molecule has 0 bridgehead atoms. The SMILES string of the molecule is Cn1c(=O)c2c(nc(N[C@H]3CCCC[C@@H]3N)n2Cc2ccccc2Br)n(C)c1=O. The van der Waals surface area contributed by atoms with Gasteiger partial charge in [-0.05, 0) is 24.5 Å². The van der Waals surface area contributed by atoms with E-state index in [0.29, 0.717) is 23.7 Å². The Balaban J connectivity index is 1.90. The summed E-state index contributed by atoms with van der Waals surface area (Å²) >= 11 is 3.59. The zero-order valence-electron chi connectivity index (χ0n) is 16.6. The lowest BCUT2D eigenvalue weighted by Gasteiger charge is -2.29. The number of halogens is 1. The molecule has 29 heavy (non-hydrogen) atoms. The van der Waals surface area contributed by atoms with Gasteiger partial charge in [0.15, 0.2) is 11.2 Å². The fraction of sp³-hybridized carbons (Fsp3) is 0.450. The first-order valence-electron chi connectivity index (χ1n) is 9.80. The van der Waals surface area contributed by atoms with Crippen LogP contribution in [-0.2, 0) is 20.6 Å². The van der Waals surface area contributed by atoms with Gasteiger partial charge in [0.1, 0.15) is 0 Å². The maximum Gasteiger partial charge on any atom is 0.332 e. The van der Waals surface area contributed by atoms with Gasteiger partial charge in [0.2, 0.25) is 5.95 Å². The highest BCUT2D eigenvalue weighted by molar-refractivity contribution is 9.10. The number of nitrogens with two attached hydrogens (primary N) is 1. The van der Waals surface area contributed by atoms with Gasteiger partial charge in [0.05, 0.1) is 6.54 Å². The van der Waals surface area contributed by atoms with Crippen LogP contribution in [0.3, 0.4) is 0 Å². The molecule has 2 aromatic heterocycles. The van der Waals surface area contributed by atoms with Gasteiger partial charge in [-0.1, -0.05) is 47.0 Å². The van der Waals surface area contributed by atoms with Crippen molar-refractivity contribution < 1.29 is 0 Å². The Morgan fingerprint density at radius 2 is 1.90 bits per heavy atom. The molecule has 1 aliphatic carbocycles. The van der Waals surface area contributed by atoms with E-state index in [1.807, 2.05) is 28.8 Å². The number of imidazole rings is 1. The summed E-state index contributed by atoms with van der Waals surface area (Å²) in [6.07, 6.45) is 4.15. The lowest BCUT2D eigenvalue weighted by molar-refractivity contribution is 0.401. The van der Waals surface area contributed by atoms with Crippen LogP contribution in [0, 0.1) is 0 Å². The number of rotatable bonds is 4. The average Bonchev–Trinajstić information content (AvgIpc) is 3.06. The molecule has 0 saturated heterocycles. The van der Waals surface area contributed by atoms with Crippen molar-refractivity contribution in [3.8, 4) is 0 Å². The Bertz CT molecular complexity index is 1180. The predicted molar refractivity (Wildman–Crippen MR) is 117 cm³/mol. The van der Waals surface area contributed by atoms with E-state index in [2.05, 4.69) is 26.2 Å². The first-order valence-corrected chi connectivity index (χ1v) is 10.6. The number of aromatic nitrogens is 4. The molecule has 3 aromatic rings. The monoisotopic (exact) mass is 460 g/mol. The molecule has 1 aliphatic rings. The summed E-state index contributed by atoms with van der Waals surface area (Å²) < 4.78 is 5.35. The molecule has 9 heteroatoms. The number of aryl methyl sites for hydroxylation is 1. The van der Waals surface area contributed by atoms with Gasteiger partial charge in [0.25, 0.3) is 5.56 Å². The number of nitrogens with one attached hydrogen (secondary N) is 1. The molecule has 1 fully saturated rings. The van der Waals surface area contributed by atoms with Crippen LogP contribution in [0.1, 0.15) is 31.2 Å². The number of hydrogen-bond acceptors (Lipinski definition) is 5. The van der Waals surface area contributed by atoms with E-state index in [0.717, 1.165) is 40.3 Å². The third-order valence-electron chi connectivity index (χ3n) is 5.77. The van der Waals surface area contributed by atoms with Crippen molar-refractivity contribution in [3.63, 3.8) is 0 Å². The van der Waals surface area contributed by atoms with Gasteiger partial charge >= 0.3 is 5.69 Å². The molecule has 0 radical (unpaired) electrons. The summed E-state index contributed by atoms with van der Waals surface area (Å²) in [5.41, 5.74) is 7.36. The largest absolute Gasteiger partial charge is 0.351 e. The summed E-state index contributed by atoms with van der Waals surface area (Å²) in [7, 11) is 3.13. The minimum absolute atomic E-state index is 0.0344. The van der Waals surface area contributed by atoms with Crippen LogP contribution in [0.5, 0.6) is 0 Å². The molecule has 0 spiro atoms. The Morgan fingerprint density at radius 3 is 2.62 bits per heavy atom. The second-order valence-electron chi connectivity index (χ2n) is 7.69. The quantitative estimate of drug-likeness (QED) is 0.619. The third kappa shape index (κ3) is 3.53. The number of hydrogen-bond donors (Lipinski definition) is 2. The van der Waals surface area contributed by atoms with Crippen LogP contribution in [0.25, 0.3) is 11.2 Å². The molecular weight excluding hydrogens is 436 g/mol. The summed E-state index contributed by atoms with van der Waals surface area (Å²) in [4.78, 5) is 30.1. The zero-order valence-corrected chi connectivity index (χ0v) is 18.1. The Morgan fingerprint density at radius 1 is 1.17 bits per heavy atom. The van der Waals surface area contributed by atoms with Crippen LogP contribution < -0.4 is 22.3 Å². The van der Waals surface area contributed by atoms with Crippen LogP contribution in [-0.4, -0.2) is 30.8 Å². The second kappa shape index (κ2) is 7.79. The van der Waals surface area contributed by atoms with Gasteiger partial charge in [-0.15, -0.1) is 0 Å². The van der Waals surface area contributed by atoms with E-state index in [4.69, 9.17) is 5.73 Å². The summed E-state index contributed by atoms with van der Waals surface area (Å²) in [5.74, 6) is 0.566. The highest BCUT2D eigenvalue weighted by Crippen LogP contribution is 2.25. The maximum atomic E-state index is 13.0. The van der Waals surface area contributed by atoms with Crippen LogP contribution >= 0.6 is 15.9 Å². The lowest BCUT2D eigenvalue weighted by Crippen LogP contribution is -2.43. The molecule has 4 rings (SSSR count). The van der Waals surface area contributed by atoms with Crippen molar-refractivity contribution in [2.45, 2.75) is 44.3 Å². The Hall–Kier alpha value is -2.39. The average molecular weight is 461 g/mol. The minimum atomic E-state index is -0.394. The van der Waals surface area contributed by atoms with Crippen molar-refractivity contribution in [2.75, 3.05) is 5.32 Å². The highest BCUT2D eigenvalue weighted by atomic mass is 79.9. The molecule has 1 saturated carbocycles. The first-order chi connectivity index (χ1) is 13.9. The van der Waals surface area contributed by atoms with E-state index >= 15 is 0 Å². The van der Waals surface area contributed by atoms with Crippen molar-refractivity contribution in [1.82, 2.24) is 18.7 Å². The van der Waals surface area contributed by atoms with E-state index in [-0.39, 0.29) is 17.6 Å². The highest BCUT2D eigenvalue weighted by Gasteiger charge is 2.26. The first kappa shape index (κ1) is 19.9. The van der Waals surface area contributed by atoms with Crippen molar-refractivity contribution in [3.05, 3.63) is 55.1 Å². The number of benzene rings is 1. The molecule has 2 heterocycles. The van der Waals surface area contributed by atoms with Crippen LogP contribution in [0.15, 0.2) is 38.3 Å². The number of anilines is 1. The molecule has 1 aromatic carbocycles. The molecule has 0 aliphatic heterocycles. The smallest absolute Gasteiger partial charge is 0.332 e. The minimum Gasteiger partial charge on any atom is -0.351 e. The Labute approximate surface area is 176 Å². The Kier molecular flexibility index (Phi) is 5.35. The van der Waals surface area contributed by atoms with E-state index in [9.17, 15) is 9.59 Å². The lowest BCUT2D eigenvalue weighted by atomic mass is 9.91. The summed E-state index contributed by atoms with van der Waals surface area (Å²) in [6, 6.07) is 7.98. The molecule has 3 N–H and O–H groups in total. The van der Waals surface area contributed by atoms with Crippen LogP contribution in [0.2, 0.25) is 0 Å². The number of fused-ring (bicyclic) bond motifs is 1. The molecule has 0 amide bonds. The molecular formula is C20H25BrN6O2. The third-order valence-corrected chi connectivity index (χ3v) is 6.54. The fourth-order valence-corrected chi connectivity index (χ4v) is 4.42.